The van der Waals surface area contributed by atoms with E-state index in [-0.39, 0.29) is 0 Å². The largest absolute Gasteiger partial charge is 0.317 e. The summed E-state index contributed by atoms with van der Waals surface area (Å²) in [6.45, 7) is 14.4. The molecule has 2 nitrogen and oxygen atoms in total. The van der Waals surface area contributed by atoms with E-state index in [4.69, 9.17) is 0 Å². The van der Waals surface area contributed by atoms with E-state index >= 15 is 0 Å². The molecule has 0 radical (unpaired) electrons. The second kappa shape index (κ2) is 13.9. The van der Waals surface area contributed by atoms with Crippen molar-refractivity contribution in [2.45, 2.75) is 46.0 Å². The first kappa shape index (κ1) is 33.1. The summed E-state index contributed by atoms with van der Waals surface area (Å²) in [5, 5.41) is 6.59. The number of benzene rings is 5. The first-order valence-electron chi connectivity index (χ1n) is 18.5. The van der Waals surface area contributed by atoms with E-state index in [1.165, 1.54) is 71.5 Å². The van der Waals surface area contributed by atoms with Crippen LogP contribution in [-0.2, 0) is 12.8 Å². The maximum atomic E-state index is 3.98. The van der Waals surface area contributed by atoms with Gasteiger partial charge in [0.2, 0.25) is 0 Å². The highest BCUT2D eigenvalue weighted by Crippen LogP contribution is 2.45. The second-order valence-electron chi connectivity index (χ2n) is 13.8. The zero-order chi connectivity index (χ0) is 35.8. The summed E-state index contributed by atoms with van der Waals surface area (Å²) in [6.07, 6.45) is 25.6. The monoisotopic (exact) mass is 672 g/mol. The van der Waals surface area contributed by atoms with Crippen molar-refractivity contribution in [1.82, 2.24) is 4.57 Å². The Labute approximate surface area is 307 Å². The standard InChI is InChI=1S/C50H44N2/c1-6-10-11-12-32-51(39-25-18-35(19-26-39)34(5)9-4)46-30-23-37-21-28-43-41(27-20-36-22-29-44(46)50(37)49(36)43)38-24-31-48-45(33-38)42-16-13-17-47(42)52(48)40(14-7-2)15-8-3/h6-8,10-12,14-21,23-28,30-34H,1-2,9,22,29H2,3-5H3/b11-10-,15-8-,32-12-,40-14+. The predicted octanol–water partition coefficient (Wildman–Crippen LogP) is 13.9. The van der Waals surface area contributed by atoms with Gasteiger partial charge >= 0.3 is 0 Å². The first-order chi connectivity index (χ1) is 25.6. The van der Waals surface area contributed by atoms with Crippen LogP contribution in [0.1, 0.15) is 61.1 Å². The Morgan fingerprint density at radius 2 is 1.71 bits per heavy atom. The fourth-order valence-electron chi connectivity index (χ4n) is 8.15. The number of rotatable bonds is 11. The van der Waals surface area contributed by atoms with Crippen molar-refractivity contribution in [2.75, 3.05) is 4.90 Å². The summed E-state index contributed by atoms with van der Waals surface area (Å²) in [5.74, 6) is 0.536. The molecule has 8 rings (SSSR count). The number of nitrogens with zero attached hydrogens (tertiary/aromatic N) is 2. The highest BCUT2D eigenvalue weighted by Gasteiger charge is 2.24. The van der Waals surface area contributed by atoms with Crippen LogP contribution < -0.4 is 4.90 Å². The number of aromatic nitrogens is 1. The minimum atomic E-state index is 0.536. The van der Waals surface area contributed by atoms with Crippen LogP contribution in [0, 0.1) is 0 Å². The molecule has 0 bridgehead atoms. The Bertz CT molecular complexity index is 2590. The lowest BCUT2D eigenvalue weighted by molar-refractivity contribution is 0.733. The van der Waals surface area contributed by atoms with Gasteiger partial charge in [-0.05, 0) is 136 Å². The van der Waals surface area contributed by atoms with Crippen LogP contribution in [0.3, 0.4) is 0 Å². The molecule has 2 heteroatoms. The van der Waals surface area contributed by atoms with Crippen molar-refractivity contribution in [2.24, 2.45) is 0 Å². The predicted molar refractivity (Wildman–Crippen MR) is 227 cm³/mol. The molecule has 0 amide bonds. The molecular formula is C50H44N2. The molecule has 2 aliphatic carbocycles. The van der Waals surface area contributed by atoms with Crippen molar-refractivity contribution in [3.63, 3.8) is 0 Å². The molecule has 0 N–H and O–H groups in total. The third-order valence-electron chi connectivity index (χ3n) is 10.9. The highest BCUT2D eigenvalue weighted by molar-refractivity contribution is 6.17. The third kappa shape index (κ3) is 5.53. The van der Waals surface area contributed by atoms with Crippen LogP contribution in [0.15, 0.2) is 153 Å². The summed E-state index contributed by atoms with van der Waals surface area (Å²) < 4.78 is 2.32. The first-order valence-corrected chi connectivity index (χ1v) is 18.5. The van der Waals surface area contributed by atoms with Crippen LogP contribution in [0.4, 0.5) is 11.4 Å². The van der Waals surface area contributed by atoms with Crippen LogP contribution >= 0.6 is 0 Å². The maximum absolute atomic E-state index is 3.98. The molecule has 5 aromatic carbocycles. The third-order valence-corrected chi connectivity index (χ3v) is 10.9. The molecule has 1 unspecified atom stereocenters. The van der Waals surface area contributed by atoms with E-state index in [9.17, 15) is 0 Å². The Balaban J connectivity index is 1.30. The molecule has 0 aliphatic heterocycles. The topological polar surface area (TPSA) is 8.17 Å². The average Bonchev–Trinajstić information content (AvgIpc) is 3.78. The fourth-order valence-corrected chi connectivity index (χ4v) is 8.15. The van der Waals surface area contributed by atoms with Crippen LogP contribution in [0.2, 0.25) is 0 Å². The molecule has 1 aromatic heterocycles. The van der Waals surface area contributed by atoms with E-state index in [1.54, 1.807) is 0 Å². The normalized spacial score (nSPS) is 14.2. The molecule has 0 spiro atoms. The number of aryl methyl sites for hydroxylation is 2. The molecule has 0 saturated heterocycles. The average molecular weight is 673 g/mol. The van der Waals surface area contributed by atoms with Gasteiger partial charge in [-0.3, -0.25) is 0 Å². The van der Waals surface area contributed by atoms with Crippen molar-refractivity contribution < 1.29 is 0 Å². The highest BCUT2D eigenvalue weighted by atomic mass is 15.1. The van der Waals surface area contributed by atoms with Crippen LogP contribution in [0.25, 0.3) is 61.4 Å². The van der Waals surface area contributed by atoms with Crippen LogP contribution in [0.5, 0.6) is 0 Å². The summed E-state index contributed by atoms with van der Waals surface area (Å²) in [7, 11) is 0. The number of anilines is 2. The quantitative estimate of drug-likeness (QED) is 0.0754. The van der Waals surface area contributed by atoms with Crippen molar-refractivity contribution >= 4 is 61.7 Å². The minimum absolute atomic E-state index is 0.536. The van der Waals surface area contributed by atoms with E-state index in [1.807, 2.05) is 24.3 Å². The number of hydrogen-bond acceptors (Lipinski definition) is 1. The summed E-state index contributed by atoms with van der Waals surface area (Å²) in [5.41, 5.74) is 17.1. The van der Waals surface area contributed by atoms with Gasteiger partial charge in [-0.15, -0.1) is 5.73 Å². The van der Waals surface area contributed by atoms with Crippen LogP contribution in [-0.4, -0.2) is 4.57 Å². The van der Waals surface area contributed by atoms with E-state index in [0.29, 0.717) is 5.92 Å². The molecule has 52 heavy (non-hydrogen) atoms. The van der Waals surface area contributed by atoms with Gasteiger partial charge in [0.25, 0.3) is 0 Å². The smallest absolute Gasteiger partial charge is 0.0624 e. The molecule has 1 atom stereocenters. The Morgan fingerprint density at radius 1 is 0.865 bits per heavy atom. The van der Waals surface area contributed by atoms with Gasteiger partial charge in [-0.25, -0.2) is 0 Å². The number of fused-ring (bicyclic) bond motifs is 3. The lowest BCUT2D eigenvalue weighted by Gasteiger charge is -2.28. The van der Waals surface area contributed by atoms with Gasteiger partial charge < -0.3 is 9.47 Å². The van der Waals surface area contributed by atoms with Gasteiger partial charge in [0.15, 0.2) is 0 Å². The molecule has 2 aliphatic rings. The summed E-state index contributed by atoms with van der Waals surface area (Å²) in [6, 6.07) is 30.1. The molecule has 6 aromatic rings. The molecule has 0 fully saturated rings. The van der Waals surface area contributed by atoms with E-state index < -0.39 is 0 Å². The van der Waals surface area contributed by atoms with Crippen molar-refractivity contribution in [3.8, 4) is 11.1 Å². The lowest BCUT2D eigenvalue weighted by atomic mass is 9.82. The summed E-state index contributed by atoms with van der Waals surface area (Å²) in [4.78, 5) is 2.36. The van der Waals surface area contributed by atoms with Crippen molar-refractivity contribution in [1.29, 1.82) is 0 Å². The van der Waals surface area contributed by atoms with Gasteiger partial charge in [-0.1, -0.05) is 106 Å². The van der Waals surface area contributed by atoms with E-state index in [2.05, 4.69) is 171 Å². The number of allylic oxidation sites excluding steroid dienone is 9. The van der Waals surface area contributed by atoms with Gasteiger partial charge in [0.05, 0.1) is 11.2 Å². The molecule has 0 saturated carbocycles. The summed E-state index contributed by atoms with van der Waals surface area (Å²) >= 11 is 0. The van der Waals surface area contributed by atoms with E-state index in [0.717, 1.165) is 36.3 Å². The zero-order valence-electron chi connectivity index (χ0n) is 30.4. The Kier molecular flexibility index (Phi) is 8.85. The Morgan fingerprint density at radius 3 is 2.50 bits per heavy atom. The van der Waals surface area contributed by atoms with Gasteiger partial charge in [0, 0.05) is 40.3 Å². The van der Waals surface area contributed by atoms with Gasteiger partial charge in [0.1, 0.15) is 0 Å². The SMILES string of the molecule is C=C/C=C\C=C/N(c1ccc(C(C)CC)cc1)c1ccc2ccc3c(-c4ccc5c(c4)c4c(n5C(/C=C\C)=C/C=C)C=C=C4)ccc4c3c2c1CC4. The maximum Gasteiger partial charge on any atom is 0.0624 e. The zero-order valence-corrected chi connectivity index (χ0v) is 30.4. The number of hydrogen-bond donors (Lipinski definition) is 0. The van der Waals surface area contributed by atoms with Crippen molar-refractivity contribution in [3.05, 3.63) is 181 Å². The second-order valence-corrected chi connectivity index (χ2v) is 13.8. The lowest BCUT2D eigenvalue weighted by Crippen LogP contribution is -2.13. The molecule has 254 valence electrons. The minimum Gasteiger partial charge on any atom is -0.317 e. The fraction of sp³-hybridized carbons (Fsp3) is 0.140. The Hall–Kier alpha value is -6.08. The molecular weight excluding hydrogens is 629 g/mol. The van der Waals surface area contributed by atoms with Gasteiger partial charge in [-0.2, -0.15) is 0 Å². The molecule has 1 heterocycles.